The van der Waals surface area contributed by atoms with Crippen LogP contribution in [0.15, 0.2) is 0 Å². The highest BCUT2D eigenvalue weighted by Gasteiger charge is 2.39. The SMILES string of the molecule is CCOCC(O)CC1(C(=O)O)CCCCCCC1. The Bertz CT molecular complexity index is 244. The molecule has 1 atom stereocenters. The average Bonchev–Trinajstić information content (AvgIpc) is 2.29. The van der Waals surface area contributed by atoms with Crippen molar-refractivity contribution in [3.05, 3.63) is 0 Å². The summed E-state index contributed by atoms with van der Waals surface area (Å²) >= 11 is 0. The van der Waals surface area contributed by atoms with Gasteiger partial charge in [-0.15, -0.1) is 0 Å². The molecule has 0 aromatic rings. The van der Waals surface area contributed by atoms with E-state index in [4.69, 9.17) is 4.74 Å². The lowest BCUT2D eigenvalue weighted by atomic mass is 9.72. The molecule has 1 fully saturated rings. The Morgan fingerprint density at radius 2 is 1.78 bits per heavy atom. The molecular weight excluding hydrogens is 232 g/mol. The predicted molar refractivity (Wildman–Crippen MR) is 69.5 cm³/mol. The van der Waals surface area contributed by atoms with Crippen LogP contribution < -0.4 is 0 Å². The van der Waals surface area contributed by atoms with Gasteiger partial charge in [-0.3, -0.25) is 4.79 Å². The van der Waals surface area contributed by atoms with Crippen molar-refractivity contribution in [1.29, 1.82) is 0 Å². The fraction of sp³-hybridized carbons (Fsp3) is 0.929. The van der Waals surface area contributed by atoms with Gasteiger partial charge in [-0.2, -0.15) is 0 Å². The lowest BCUT2D eigenvalue weighted by Gasteiger charge is -2.33. The van der Waals surface area contributed by atoms with Crippen molar-refractivity contribution in [3.8, 4) is 0 Å². The quantitative estimate of drug-likeness (QED) is 0.768. The minimum Gasteiger partial charge on any atom is -0.481 e. The topological polar surface area (TPSA) is 66.8 Å². The van der Waals surface area contributed by atoms with Gasteiger partial charge in [0.2, 0.25) is 0 Å². The summed E-state index contributed by atoms with van der Waals surface area (Å²) in [6.07, 6.45) is 6.35. The molecule has 0 aliphatic heterocycles. The summed E-state index contributed by atoms with van der Waals surface area (Å²) in [6, 6.07) is 0. The molecule has 0 bridgehead atoms. The second kappa shape index (κ2) is 7.74. The minimum atomic E-state index is -0.750. The molecule has 1 aliphatic carbocycles. The third-order valence-electron chi connectivity index (χ3n) is 3.91. The third kappa shape index (κ3) is 4.58. The van der Waals surface area contributed by atoms with Crippen LogP contribution in [0.1, 0.15) is 58.3 Å². The van der Waals surface area contributed by atoms with Crippen molar-refractivity contribution in [2.75, 3.05) is 13.2 Å². The summed E-state index contributed by atoms with van der Waals surface area (Å²) in [5, 5.41) is 19.4. The van der Waals surface area contributed by atoms with Gasteiger partial charge in [0.05, 0.1) is 18.1 Å². The van der Waals surface area contributed by atoms with E-state index in [2.05, 4.69) is 0 Å². The Morgan fingerprint density at radius 3 is 2.28 bits per heavy atom. The van der Waals surface area contributed by atoms with Gasteiger partial charge in [0.25, 0.3) is 0 Å². The summed E-state index contributed by atoms with van der Waals surface area (Å²) in [4.78, 5) is 11.6. The summed E-state index contributed by atoms with van der Waals surface area (Å²) in [5.41, 5.74) is -0.739. The van der Waals surface area contributed by atoms with Gasteiger partial charge < -0.3 is 14.9 Å². The first-order valence-corrected chi connectivity index (χ1v) is 7.10. The van der Waals surface area contributed by atoms with Crippen LogP contribution in [0.25, 0.3) is 0 Å². The molecule has 1 aliphatic rings. The van der Waals surface area contributed by atoms with Crippen molar-refractivity contribution in [2.24, 2.45) is 5.41 Å². The van der Waals surface area contributed by atoms with Gasteiger partial charge in [-0.05, 0) is 26.2 Å². The number of carbonyl (C=O) groups is 1. The first kappa shape index (κ1) is 15.4. The molecule has 106 valence electrons. The highest BCUT2D eigenvalue weighted by molar-refractivity contribution is 5.74. The molecule has 0 amide bonds. The number of hydrogen-bond acceptors (Lipinski definition) is 3. The van der Waals surface area contributed by atoms with E-state index < -0.39 is 17.5 Å². The number of rotatable bonds is 6. The third-order valence-corrected chi connectivity index (χ3v) is 3.91. The Labute approximate surface area is 109 Å². The van der Waals surface area contributed by atoms with Crippen LogP contribution in [0.4, 0.5) is 0 Å². The van der Waals surface area contributed by atoms with Crippen LogP contribution in [0.2, 0.25) is 0 Å². The summed E-state index contributed by atoms with van der Waals surface area (Å²) in [6.45, 7) is 2.66. The van der Waals surface area contributed by atoms with Crippen LogP contribution in [0, 0.1) is 5.41 Å². The van der Waals surface area contributed by atoms with E-state index in [9.17, 15) is 15.0 Å². The van der Waals surface area contributed by atoms with E-state index in [-0.39, 0.29) is 6.61 Å². The smallest absolute Gasteiger partial charge is 0.309 e. The molecule has 0 saturated heterocycles. The molecule has 0 heterocycles. The maximum Gasteiger partial charge on any atom is 0.309 e. The molecule has 18 heavy (non-hydrogen) atoms. The normalized spacial score (nSPS) is 21.9. The maximum absolute atomic E-state index is 11.6. The van der Waals surface area contributed by atoms with E-state index >= 15 is 0 Å². The minimum absolute atomic E-state index is 0.242. The Kier molecular flexibility index (Phi) is 6.65. The standard InChI is InChI=1S/C14H26O4/c1-2-18-11-12(15)10-14(13(16)17)8-6-4-3-5-7-9-14/h12,15H,2-11H2,1H3,(H,16,17). The molecule has 1 rings (SSSR count). The fourth-order valence-corrected chi connectivity index (χ4v) is 2.85. The van der Waals surface area contributed by atoms with Crippen LogP contribution >= 0.6 is 0 Å². The summed E-state index contributed by atoms with van der Waals surface area (Å²) in [7, 11) is 0. The molecule has 1 saturated carbocycles. The molecule has 2 N–H and O–H groups in total. The van der Waals surface area contributed by atoms with E-state index in [0.717, 1.165) is 25.7 Å². The van der Waals surface area contributed by atoms with Gasteiger partial charge >= 0.3 is 5.97 Å². The predicted octanol–water partition coefficient (Wildman–Crippen LogP) is 2.59. The first-order chi connectivity index (χ1) is 8.60. The summed E-state index contributed by atoms with van der Waals surface area (Å²) < 4.78 is 5.17. The Hall–Kier alpha value is -0.610. The molecule has 0 radical (unpaired) electrons. The van der Waals surface area contributed by atoms with Crippen molar-refractivity contribution in [2.45, 2.75) is 64.4 Å². The van der Waals surface area contributed by atoms with Gasteiger partial charge in [0, 0.05) is 6.61 Å². The molecule has 4 heteroatoms. The summed E-state index contributed by atoms with van der Waals surface area (Å²) in [5.74, 6) is -0.750. The highest BCUT2D eigenvalue weighted by atomic mass is 16.5. The van der Waals surface area contributed by atoms with Crippen LogP contribution in [-0.2, 0) is 9.53 Å². The number of aliphatic carboxylic acids is 1. The van der Waals surface area contributed by atoms with E-state index in [0.29, 0.717) is 25.9 Å². The maximum atomic E-state index is 11.6. The molecule has 0 aromatic carbocycles. The van der Waals surface area contributed by atoms with Gasteiger partial charge in [0.1, 0.15) is 0 Å². The van der Waals surface area contributed by atoms with Crippen molar-refractivity contribution < 1.29 is 19.7 Å². The number of aliphatic hydroxyl groups is 1. The monoisotopic (exact) mass is 258 g/mol. The Morgan fingerprint density at radius 1 is 1.22 bits per heavy atom. The molecule has 1 unspecified atom stereocenters. The lowest BCUT2D eigenvalue weighted by Crippen LogP contribution is -2.37. The second-order valence-corrected chi connectivity index (χ2v) is 5.37. The number of carboxylic acid groups (broad SMARTS) is 1. The van der Waals surface area contributed by atoms with Crippen molar-refractivity contribution in [3.63, 3.8) is 0 Å². The average molecular weight is 258 g/mol. The number of carboxylic acids is 1. The fourth-order valence-electron chi connectivity index (χ4n) is 2.85. The number of aliphatic hydroxyl groups excluding tert-OH is 1. The number of hydrogen-bond donors (Lipinski definition) is 2. The van der Waals surface area contributed by atoms with E-state index in [1.165, 1.54) is 6.42 Å². The molecule has 4 nitrogen and oxygen atoms in total. The highest BCUT2D eigenvalue weighted by Crippen LogP contribution is 2.38. The van der Waals surface area contributed by atoms with Crippen molar-refractivity contribution in [1.82, 2.24) is 0 Å². The van der Waals surface area contributed by atoms with Crippen LogP contribution in [0.3, 0.4) is 0 Å². The molecule has 0 spiro atoms. The zero-order valence-corrected chi connectivity index (χ0v) is 11.4. The molecular formula is C14H26O4. The van der Waals surface area contributed by atoms with E-state index in [1.54, 1.807) is 0 Å². The zero-order valence-electron chi connectivity index (χ0n) is 11.4. The van der Waals surface area contributed by atoms with Crippen LogP contribution in [-0.4, -0.2) is 35.5 Å². The van der Waals surface area contributed by atoms with E-state index in [1.807, 2.05) is 6.92 Å². The Balaban J connectivity index is 2.62. The van der Waals surface area contributed by atoms with Crippen LogP contribution in [0.5, 0.6) is 0 Å². The molecule has 0 aromatic heterocycles. The largest absolute Gasteiger partial charge is 0.481 e. The van der Waals surface area contributed by atoms with Gasteiger partial charge in [-0.25, -0.2) is 0 Å². The number of ether oxygens (including phenoxy) is 1. The zero-order chi connectivity index (χ0) is 13.4. The second-order valence-electron chi connectivity index (χ2n) is 5.37. The van der Waals surface area contributed by atoms with Gasteiger partial charge in [0.15, 0.2) is 0 Å². The van der Waals surface area contributed by atoms with Gasteiger partial charge in [-0.1, -0.05) is 32.1 Å². The lowest BCUT2D eigenvalue weighted by molar-refractivity contribution is -0.153. The van der Waals surface area contributed by atoms with Crippen molar-refractivity contribution >= 4 is 5.97 Å². The first-order valence-electron chi connectivity index (χ1n) is 7.10.